The first kappa shape index (κ1) is 8.50. The molecule has 0 spiro atoms. The molecule has 2 rings (SSSR count). The largest absolute Gasteiger partial charge is 0.381 e. The Kier molecular flexibility index (Phi) is 2.36. The van der Waals surface area contributed by atoms with Crippen LogP contribution >= 0.6 is 22.6 Å². The molecule has 0 bridgehead atoms. The van der Waals surface area contributed by atoms with E-state index in [1.165, 1.54) is 0 Å². The SMILES string of the molecule is Cc1nc(C2CCOC2)[nH]c1I. The van der Waals surface area contributed by atoms with Crippen molar-refractivity contribution in [3.05, 3.63) is 15.2 Å². The summed E-state index contributed by atoms with van der Waals surface area (Å²) in [6, 6.07) is 0. The third-order valence-corrected chi connectivity index (χ3v) is 3.21. The van der Waals surface area contributed by atoms with Gasteiger partial charge in [0.15, 0.2) is 0 Å². The molecule has 4 heteroatoms. The van der Waals surface area contributed by atoms with Gasteiger partial charge in [-0.05, 0) is 35.9 Å². The number of nitrogens with one attached hydrogen (secondary N) is 1. The van der Waals surface area contributed by atoms with E-state index in [9.17, 15) is 0 Å². The van der Waals surface area contributed by atoms with Gasteiger partial charge in [-0.25, -0.2) is 4.98 Å². The number of ether oxygens (including phenoxy) is 1. The van der Waals surface area contributed by atoms with E-state index in [2.05, 4.69) is 32.6 Å². The van der Waals surface area contributed by atoms with Gasteiger partial charge in [-0.15, -0.1) is 0 Å². The number of aryl methyl sites for hydroxylation is 1. The summed E-state index contributed by atoms with van der Waals surface area (Å²) < 4.78 is 6.45. The number of imidazole rings is 1. The molecule has 3 nitrogen and oxygen atoms in total. The highest BCUT2D eigenvalue weighted by Crippen LogP contribution is 2.23. The van der Waals surface area contributed by atoms with Gasteiger partial charge in [0, 0.05) is 12.5 Å². The summed E-state index contributed by atoms with van der Waals surface area (Å²) in [5.41, 5.74) is 1.09. The smallest absolute Gasteiger partial charge is 0.112 e. The lowest BCUT2D eigenvalue weighted by atomic mass is 10.1. The summed E-state index contributed by atoms with van der Waals surface area (Å²) in [7, 11) is 0. The molecule has 1 N–H and O–H groups in total. The first-order chi connectivity index (χ1) is 5.77. The number of H-pyrrole nitrogens is 1. The number of rotatable bonds is 1. The van der Waals surface area contributed by atoms with Crippen molar-refractivity contribution in [2.75, 3.05) is 13.2 Å². The van der Waals surface area contributed by atoms with Crippen LogP contribution in [0.3, 0.4) is 0 Å². The molecule has 1 aromatic rings. The van der Waals surface area contributed by atoms with Crippen molar-refractivity contribution in [3.63, 3.8) is 0 Å². The number of nitrogens with zero attached hydrogens (tertiary/aromatic N) is 1. The molecule has 0 aromatic carbocycles. The molecule has 66 valence electrons. The van der Waals surface area contributed by atoms with E-state index in [0.29, 0.717) is 5.92 Å². The van der Waals surface area contributed by atoms with Crippen LogP contribution in [0, 0.1) is 10.6 Å². The van der Waals surface area contributed by atoms with Crippen molar-refractivity contribution in [1.82, 2.24) is 9.97 Å². The quantitative estimate of drug-likeness (QED) is 0.796. The van der Waals surface area contributed by atoms with Crippen molar-refractivity contribution in [1.29, 1.82) is 0 Å². The average molecular weight is 278 g/mol. The van der Waals surface area contributed by atoms with Gasteiger partial charge in [-0.2, -0.15) is 0 Å². The van der Waals surface area contributed by atoms with E-state index >= 15 is 0 Å². The standard InChI is InChI=1S/C8H11IN2O/c1-5-7(9)11-8(10-5)6-2-3-12-4-6/h6H,2-4H2,1H3,(H,10,11). The molecule has 1 aliphatic heterocycles. The molecular weight excluding hydrogens is 267 g/mol. The Hall–Kier alpha value is -0.100. The van der Waals surface area contributed by atoms with Crippen LogP contribution in [-0.2, 0) is 4.74 Å². The van der Waals surface area contributed by atoms with Gasteiger partial charge < -0.3 is 9.72 Å². The second kappa shape index (κ2) is 3.33. The van der Waals surface area contributed by atoms with Crippen LogP contribution in [0.25, 0.3) is 0 Å². The zero-order chi connectivity index (χ0) is 8.55. The Bertz CT molecular complexity index is 259. The Balaban J connectivity index is 2.21. The molecule has 0 amide bonds. The molecule has 1 unspecified atom stereocenters. The van der Waals surface area contributed by atoms with E-state index in [1.54, 1.807) is 0 Å². The summed E-state index contributed by atoms with van der Waals surface area (Å²) in [5, 5.41) is 0. The maximum atomic E-state index is 5.30. The van der Waals surface area contributed by atoms with Crippen LogP contribution < -0.4 is 0 Å². The van der Waals surface area contributed by atoms with E-state index < -0.39 is 0 Å². The van der Waals surface area contributed by atoms with E-state index in [0.717, 1.165) is 34.9 Å². The van der Waals surface area contributed by atoms with E-state index in [-0.39, 0.29) is 0 Å². The fourth-order valence-electron chi connectivity index (χ4n) is 1.40. The predicted molar refractivity (Wildman–Crippen MR) is 54.2 cm³/mol. The van der Waals surface area contributed by atoms with Crippen molar-refractivity contribution in [2.45, 2.75) is 19.3 Å². The summed E-state index contributed by atoms with van der Waals surface area (Å²) in [4.78, 5) is 7.73. The monoisotopic (exact) mass is 278 g/mol. The highest BCUT2D eigenvalue weighted by molar-refractivity contribution is 14.1. The van der Waals surface area contributed by atoms with Gasteiger partial charge in [0.1, 0.15) is 9.53 Å². The third-order valence-electron chi connectivity index (χ3n) is 2.16. The molecule has 1 aliphatic rings. The number of halogens is 1. The van der Waals surface area contributed by atoms with Gasteiger partial charge in [0.2, 0.25) is 0 Å². The molecule has 0 aliphatic carbocycles. The third kappa shape index (κ3) is 1.50. The summed E-state index contributed by atoms with van der Waals surface area (Å²) in [6.45, 7) is 3.72. The van der Waals surface area contributed by atoms with Gasteiger partial charge in [-0.1, -0.05) is 0 Å². The molecule has 0 saturated carbocycles. The fraction of sp³-hybridized carbons (Fsp3) is 0.625. The maximum Gasteiger partial charge on any atom is 0.112 e. The van der Waals surface area contributed by atoms with Gasteiger partial charge in [0.05, 0.1) is 12.3 Å². The first-order valence-electron chi connectivity index (χ1n) is 4.07. The van der Waals surface area contributed by atoms with Crippen molar-refractivity contribution < 1.29 is 4.74 Å². The van der Waals surface area contributed by atoms with E-state index in [4.69, 9.17) is 4.74 Å². The minimum absolute atomic E-state index is 0.493. The van der Waals surface area contributed by atoms with Crippen LogP contribution in [-0.4, -0.2) is 23.2 Å². The van der Waals surface area contributed by atoms with Crippen molar-refractivity contribution in [2.24, 2.45) is 0 Å². The number of hydrogen-bond acceptors (Lipinski definition) is 2. The molecule has 1 atom stereocenters. The lowest BCUT2D eigenvalue weighted by Gasteiger charge is -2.00. The van der Waals surface area contributed by atoms with Gasteiger partial charge >= 0.3 is 0 Å². The van der Waals surface area contributed by atoms with Crippen molar-refractivity contribution in [3.8, 4) is 0 Å². The predicted octanol–water partition coefficient (Wildman–Crippen LogP) is 1.83. The van der Waals surface area contributed by atoms with Gasteiger partial charge in [-0.3, -0.25) is 0 Å². The summed E-state index contributed by atoms with van der Waals surface area (Å²) in [6.07, 6.45) is 1.10. The molecule has 1 aromatic heterocycles. The summed E-state index contributed by atoms with van der Waals surface area (Å²) >= 11 is 2.27. The average Bonchev–Trinajstić information content (AvgIpc) is 2.61. The van der Waals surface area contributed by atoms with Crippen LogP contribution in [0.15, 0.2) is 0 Å². The Morgan fingerprint density at radius 3 is 3.00 bits per heavy atom. The fourth-order valence-corrected chi connectivity index (χ4v) is 1.80. The topological polar surface area (TPSA) is 37.9 Å². The molecule has 12 heavy (non-hydrogen) atoms. The first-order valence-corrected chi connectivity index (χ1v) is 5.15. The Morgan fingerprint density at radius 1 is 1.67 bits per heavy atom. The number of aromatic nitrogens is 2. The van der Waals surface area contributed by atoms with Crippen LogP contribution in [0.4, 0.5) is 0 Å². The minimum Gasteiger partial charge on any atom is -0.381 e. The second-order valence-electron chi connectivity index (χ2n) is 3.08. The number of hydrogen-bond donors (Lipinski definition) is 1. The number of aromatic amines is 1. The lowest BCUT2D eigenvalue weighted by Crippen LogP contribution is -1.99. The van der Waals surface area contributed by atoms with Crippen LogP contribution in [0.2, 0.25) is 0 Å². The molecular formula is C8H11IN2O. The minimum atomic E-state index is 0.493. The highest BCUT2D eigenvalue weighted by atomic mass is 127. The second-order valence-corrected chi connectivity index (χ2v) is 4.16. The highest BCUT2D eigenvalue weighted by Gasteiger charge is 2.21. The maximum absolute atomic E-state index is 5.30. The molecule has 0 radical (unpaired) electrons. The van der Waals surface area contributed by atoms with Crippen LogP contribution in [0.1, 0.15) is 23.9 Å². The normalized spacial score (nSPS) is 23.3. The zero-order valence-corrected chi connectivity index (χ0v) is 9.09. The molecule has 1 fully saturated rings. The van der Waals surface area contributed by atoms with Crippen LogP contribution in [0.5, 0.6) is 0 Å². The van der Waals surface area contributed by atoms with E-state index in [1.807, 2.05) is 6.92 Å². The zero-order valence-electron chi connectivity index (χ0n) is 6.93. The lowest BCUT2D eigenvalue weighted by molar-refractivity contribution is 0.193. The summed E-state index contributed by atoms with van der Waals surface area (Å²) in [5.74, 6) is 1.58. The Morgan fingerprint density at radius 2 is 2.50 bits per heavy atom. The molecule has 2 heterocycles. The van der Waals surface area contributed by atoms with Crippen molar-refractivity contribution >= 4 is 22.6 Å². The van der Waals surface area contributed by atoms with Gasteiger partial charge in [0.25, 0.3) is 0 Å². The molecule has 1 saturated heterocycles. The Labute approximate surface area is 85.1 Å².